The summed E-state index contributed by atoms with van der Waals surface area (Å²) in [5.74, 6) is 0. The molecule has 2 aliphatic heterocycles. The van der Waals surface area contributed by atoms with E-state index in [9.17, 15) is 0 Å². The third kappa shape index (κ3) is 5.72. The van der Waals surface area contributed by atoms with Gasteiger partial charge >= 0.3 is 6.85 Å². The van der Waals surface area contributed by atoms with Gasteiger partial charge in [-0.2, -0.15) is 0 Å². The quantitative estimate of drug-likeness (QED) is 0.164. The van der Waals surface area contributed by atoms with Crippen molar-refractivity contribution >= 4 is 78.5 Å². The third-order valence-electron chi connectivity index (χ3n) is 13.4. The first-order valence-electron chi connectivity index (χ1n) is 21.9. The van der Waals surface area contributed by atoms with Gasteiger partial charge in [-0.05, 0) is 132 Å². The first kappa shape index (κ1) is 36.5. The van der Waals surface area contributed by atoms with Crippen LogP contribution in [0.5, 0.6) is 0 Å². The fraction of sp³-hybridized carbons (Fsp3) is 0.0847. The Kier molecular flexibility index (Phi) is 8.15. The molecule has 0 bridgehead atoms. The van der Waals surface area contributed by atoms with Gasteiger partial charge in [0.15, 0.2) is 0 Å². The second kappa shape index (κ2) is 13.8. The van der Waals surface area contributed by atoms with Crippen molar-refractivity contribution in [3.8, 4) is 33.4 Å². The highest BCUT2D eigenvalue weighted by molar-refractivity contribution is 6.94. The van der Waals surface area contributed by atoms with E-state index in [0.717, 1.165) is 0 Å². The van der Waals surface area contributed by atoms with E-state index in [1.165, 1.54) is 116 Å². The Morgan fingerprint density at radius 3 is 1.63 bits per heavy atom. The van der Waals surface area contributed by atoms with E-state index in [1.807, 2.05) is 0 Å². The van der Waals surface area contributed by atoms with Crippen molar-refractivity contribution in [2.75, 3.05) is 9.71 Å². The maximum Gasteiger partial charge on any atom is 0.333 e. The number of anilines is 5. The Balaban J connectivity index is 1.17. The van der Waals surface area contributed by atoms with E-state index < -0.39 is 0 Å². The second-order valence-electron chi connectivity index (χ2n) is 18.2. The second-order valence-corrected chi connectivity index (χ2v) is 18.2. The number of fused-ring (bicyclic) bond motifs is 8. The van der Waals surface area contributed by atoms with Crippen molar-refractivity contribution in [2.24, 2.45) is 0 Å². The number of nitrogens with zero attached hydrogens (tertiary/aromatic N) is 2. The van der Waals surface area contributed by atoms with E-state index in [-0.39, 0.29) is 12.3 Å². The summed E-state index contributed by atoms with van der Waals surface area (Å²) in [6.07, 6.45) is 0. The van der Waals surface area contributed by atoms with Crippen LogP contribution in [-0.2, 0) is 5.41 Å². The fourth-order valence-corrected chi connectivity index (χ4v) is 10.2. The first-order valence-corrected chi connectivity index (χ1v) is 21.9. The molecule has 2 heterocycles. The number of benzene rings is 10. The van der Waals surface area contributed by atoms with Gasteiger partial charge in [-0.15, -0.1) is 0 Å². The maximum atomic E-state index is 2.65. The molecule has 294 valence electrons. The number of hydrogen-bond donors (Lipinski definition) is 0. The summed E-state index contributed by atoms with van der Waals surface area (Å²) in [6.45, 7) is 8.98. The van der Waals surface area contributed by atoms with Crippen LogP contribution in [0.25, 0.3) is 65.7 Å². The minimum absolute atomic E-state index is 0.106. The van der Waals surface area contributed by atoms with Gasteiger partial charge in [-0.1, -0.05) is 178 Å². The molecule has 2 nitrogen and oxygen atoms in total. The molecular weight excluding hydrogens is 747 g/mol. The van der Waals surface area contributed by atoms with Crippen LogP contribution in [0.1, 0.15) is 31.9 Å². The SMILES string of the molecule is Cc1ccc(-c2ccccc2)cc1N1c2cc3ccccc3cc2B2c3c(cc4ccccc4c31)-c1cc3ccccc3cc1N2c1ccc(-c2ccc(C(C)(C)C)cc2)cc1. The molecule has 0 amide bonds. The molecule has 0 N–H and O–H groups in total. The average molecular weight is 793 g/mol. The largest absolute Gasteiger partial charge is 0.376 e. The molecule has 0 saturated heterocycles. The van der Waals surface area contributed by atoms with Crippen LogP contribution < -0.4 is 20.6 Å². The van der Waals surface area contributed by atoms with Crippen LogP contribution in [0.15, 0.2) is 200 Å². The highest BCUT2D eigenvalue weighted by Gasteiger charge is 2.46. The Hall–Kier alpha value is -7.36. The molecule has 0 fully saturated rings. The van der Waals surface area contributed by atoms with Gasteiger partial charge in [0.2, 0.25) is 0 Å². The molecule has 10 aromatic rings. The molecule has 0 spiro atoms. The lowest BCUT2D eigenvalue weighted by Crippen LogP contribution is -2.61. The Labute approximate surface area is 364 Å². The summed E-state index contributed by atoms with van der Waals surface area (Å²) < 4.78 is 0. The third-order valence-corrected chi connectivity index (χ3v) is 13.4. The highest BCUT2D eigenvalue weighted by atomic mass is 15.2. The van der Waals surface area contributed by atoms with Crippen LogP contribution in [0.3, 0.4) is 0 Å². The van der Waals surface area contributed by atoms with Crippen molar-refractivity contribution in [2.45, 2.75) is 33.1 Å². The standard InChI is InChI=1S/C59H45BN2/c1-38-22-23-46(39-14-6-5-7-15-39)35-54(38)61-56-37-45-19-11-9-17-43(45)34-53(56)60-57-52(33-47-20-12-13-21-50(47)58(57)61)51-32-42-16-8-10-18-44(42)36-55(51)62(60)49-30-26-41(27-31-49)40-24-28-48(29-25-40)59(2,3)4/h5-37H,1-4H3. The topological polar surface area (TPSA) is 6.48 Å². The van der Waals surface area contributed by atoms with E-state index in [1.54, 1.807) is 0 Å². The van der Waals surface area contributed by atoms with Crippen LogP contribution >= 0.6 is 0 Å². The molecule has 0 unspecified atom stereocenters. The van der Waals surface area contributed by atoms with Crippen LogP contribution in [-0.4, -0.2) is 6.85 Å². The minimum atomic E-state index is -0.108. The molecule has 10 aromatic carbocycles. The summed E-state index contributed by atoms with van der Waals surface area (Å²) in [4.78, 5) is 5.25. The van der Waals surface area contributed by atoms with Gasteiger partial charge in [-0.3, -0.25) is 0 Å². The van der Waals surface area contributed by atoms with Crippen molar-refractivity contribution in [3.63, 3.8) is 0 Å². The van der Waals surface area contributed by atoms with Crippen molar-refractivity contribution in [1.82, 2.24) is 0 Å². The van der Waals surface area contributed by atoms with Gasteiger partial charge < -0.3 is 9.71 Å². The van der Waals surface area contributed by atoms with E-state index in [2.05, 4.69) is 238 Å². The first-order chi connectivity index (χ1) is 30.3. The molecule has 3 heteroatoms. The Bertz CT molecular complexity index is 3400. The summed E-state index contributed by atoms with van der Waals surface area (Å²) in [5, 5.41) is 7.43. The molecule has 2 aliphatic rings. The number of aryl methyl sites for hydroxylation is 1. The smallest absolute Gasteiger partial charge is 0.333 e. The molecular formula is C59H45BN2. The summed E-state index contributed by atoms with van der Waals surface area (Å²) in [6, 6.07) is 75.2. The van der Waals surface area contributed by atoms with E-state index >= 15 is 0 Å². The normalized spacial score (nSPS) is 13.1. The maximum absolute atomic E-state index is 2.65. The molecule has 12 rings (SSSR count). The van der Waals surface area contributed by atoms with Crippen molar-refractivity contribution in [3.05, 3.63) is 211 Å². The molecule has 0 aliphatic carbocycles. The average Bonchev–Trinajstić information content (AvgIpc) is 3.31. The lowest BCUT2D eigenvalue weighted by atomic mass is 9.43. The predicted molar refractivity (Wildman–Crippen MR) is 267 cm³/mol. The van der Waals surface area contributed by atoms with Crippen LogP contribution in [0, 0.1) is 6.92 Å². The zero-order valence-corrected chi connectivity index (χ0v) is 35.5. The van der Waals surface area contributed by atoms with E-state index in [4.69, 9.17) is 0 Å². The minimum Gasteiger partial charge on any atom is -0.376 e. The van der Waals surface area contributed by atoms with Gasteiger partial charge in [0.1, 0.15) is 0 Å². The molecule has 0 radical (unpaired) electrons. The predicted octanol–water partition coefficient (Wildman–Crippen LogP) is 14.8. The lowest BCUT2D eigenvalue weighted by Gasteiger charge is -2.46. The number of hydrogen-bond acceptors (Lipinski definition) is 2. The van der Waals surface area contributed by atoms with Crippen molar-refractivity contribution in [1.29, 1.82) is 0 Å². The monoisotopic (exact) mass is 792 g/mol. The molecule has 0 atom stereocenters. The van der Waals surface area contributed by atoms with Gasteiger partial charge in [0.25, 0.3) is 0 Å². The van der Waals surface area contributed by atoms with Gasteiger partial charge in [0, 0.05) is 33.7 Å². The zero-order valence-electron chi connectivity index (χ0n) is 35.5. The highest BCUT2D eigenvalue weighted by Crippen LogP contribution is 2.51. The summed E-state index contributed by atoms with van der Waals surface area (Å²) in [7, 11) is 0. The van der Waals surface area contributed by atoms with Crippen LogP contribution in [0.4, 0.5) is 28.4 Å². The zero-order chi connectivity index (χ0) is 41.7. The summed E-state index contributed by atoms with van der Waals surface area (Å²) >= 11 is 0. The van der Waals surface area contributed by atoms with Crippen molar-refractivity contribution < 1.29 is 0 Å². The Morgan fingerprint density at radius 1 is 0.419 bits per heavy atom. The van der Waals surface area contributed by atoms with Gasteiger partial charge in [-0.25, -0.2) is 0 Å². The molecule has 0 aromatic heterocycles. The van der Waals surface area contributed by atoms with Gasteiger partial charge in [0.05, 0.1) is 5.69 Å². The number of rotatable bonds is 4. The van der Waals surface area contributed by atoms with E-state index in [0.29, 0.717) is 0 Å². The lowest BCUT2D eigenvalue weighted by molar-refractivity contribution is 0.590. The Morgan fingerprint density at radius 2 is 0.952 bits per heavy atom. The summed E-state index contributed by atoms with van der Waals surface area (Å²) in [5.41, 5.74) is 18.7. The molecule has 0 saturated carbocycles. The fourth-order valence-electron chi connectivity index (χ4n) is 10.2. The molecule has 62 heavy (non-hydrogen) atoms. The van der Waals surface area contributed by atoms with Crippen LogP contribution in [0.2, 0.25) is 0 Å².